The first-order chi connectivity index (χ1) is 14.9. The topological polar surface area (TPSA) is 75.7 Å². The van der Waals surface area contributed by atoms with Crippen LogP contribution in [0.2, 0.25) is 0 Å². The molecule has 2 aromatic carbocycles. The number of para-hydroxylation sites is 1. The molecule has 0 atom stereocenters. The molecule has 1 aliphatic rings. The lowest BCUT2D eigenvalue weighted by molar-refractivity contribution is -0.122. The number of rotatable bonds is 7. The van der Waals surface area contributed by atoms with Crippen molar-refractivity contribution in [2.24, 2.45) is 0 Å². The van der Waals surface area contributed by atoms with E-state index in [4.69, 9.17) is 12.2 Å². The van der Waals surface area contributed by atoms with Gasteiger partial charge >= 0.3 is 5.97 Å². The molecule has 3 rings (SSSR count). The second kappa shape index (κ2) is 10.4. The van der Waals surface area contributed by atoms with E-state index in [0.717, 1.165) is 16.8 Å². The zero-order chi connectivity index (χ0) is 22.4. The fraction of sp³-hybridized carbons (Fsp3) is 0.217. The van der Waals surface area contributed by atoms with Gasteiger partial charge in [-0.25, -0.2) is 4.79 Å². The predicted octanol–water partition coefficient (Wildman–Crippen LogP) is 4.40. The number of esters is 1. The number of ether oxygens (including phenoxy) is 1. The summed E-state index contributed by atoms with van der Waals surface area (Å²) in [6.07, 6.45) is 2.54. The summed E-state index contributed by atoms with van der Waals surface area (Å²) in [4.78, 5) is 38.5. The Hall–Kier alpha value is -2.97. The van der Waals surface area contributed by atoms with Gasteiger partial charge in [-0.15, -0.1) is 0 Å². The molecule has 8 heteroatoms. The number of nitrogens with zero attached hydrogens (tertiary/aromatic N) is 1. The minimum atomic E-state index is -0.413. The molecule has 0 radical (unpaired) electrons. The van der Waals surface area contributed by atoms with E-state index in [1.165, 1.54) is 23.8 Å². The zero-order valence-corrected chi connectivity index (χ0v) is 18.8. The first-order valence-corrected chi connectivity index (χ1v) is 10.9. The SMILES string of the molecule is COC(=O)c1ccc(/C=C2\SC(=S)N(CCCC(=O)Nc3ccccc3C)C2=O)cc1. The number of thiocarbonyl (C=S) groups is 1. The maximum Gasteiger partial charge on any atom is 0.337 e. The Labute approximate surface area is 190 Å². The van der Waals surface area contributed by atoms with Crippen LogP contribution in [-0.4, -0.2) is 40.7 Å². The third kappa shape index (κ3) is 5.80. The van der Waals surface area contributed by atoms with Crippen LogP contribution in [0.5, 0.6) is 0 Å². The number of methoxy groups -OCH3 is 1. The maximum absolute atomic E-state index is 12.7. The minimum absolute atomic E-state index is 0.0963. The van der Waals surface area contributed by atoms with Crippen molar-refractivity contribution in [3.63, 3.8) is 0 Å². The molecule has 1 fully saturated rings. The molecule has 0 aromatic heterocycles. The highest BCUT2D eigenvalue weighted by molar-refractivity contribution is 8.26. The predicted molar refractivity (Wildman–Crippen MR) is 127 cm³/mol. The van der Waals surface area contributed by atoms with Crippen LogP contribution in [-0.2, 0) is 14.3 Å². The summed E-state index contributed by atoms with van der Waals surface area (Å²) < 4.78 is 5.16. The van der Waals surface area contributed by atoms with Gasteiger partial charge in [-0.2, -0.15) is 0 Å². The first-order valence-electron chi connectivity index (χ1n) is 9.68. The average molecular weight is 455 g/mol. The van der Waals surface area contributed by atoms with Crippen LogP contribution in [0.4, 0.5) is 5.69 Å². The van der Waals surface area contributed by atoms with E-state index < -0.39 is 5.97 Å². The molecule has 0 bridgehead atoms. The monoisotopic (exact) mass is 454 g/mol. The standard InChI is InChI=1S/C23H22N2O4S2/c1-15-6-3-4-7-18(15)24-20(26)8-5-13-25-21(27)19(31-23(25)30)14-16-9-11-17(12-10-16)22(28)29-2/h3-4,6-7,9-12,14H,5,8,13H2,1-2H3,(H,24,26)/b19-14-. The van der Waals surface area contributed by atoms with Crippen LogP contribution in [0.3, 0.4) is 0 Å². The van der Waals surface area contributed by atoms with Gasteiger partial charge < -0.3 is 10.1 Å². The van der Waals surface area contributed by atoms with Gasteiger partial charge in [0, 0.05) is 18.7 Å². The summed E-state index contributed by atoms with van der Waals surface area (Å²) in [5, 5.41) is 2.89. The molecule has 2 aromatic rings. The Morgan fingerprint density at radius 3 is 2.55 bits per heavy atom. The number of hydrogen-bond acceptors (Lipinski definition) is 6. The number of nitrogens with one attached hydrogen (secondary N) is 1. The highest BCUT2D eigenvalue weighted by Gasteiger charge is 2.31. The smallest absolute Gasteiger partial charge is 0.337 e. The van der Waals surface area contributed by atoms with Gasteiger partial charge in [-0.05, 0) is 48.7 Å². The highest BCUT2D eigenvalue weighted by atomic mass is 32.2. The van der Waals surface area contributed by atoms with Crippen molar-refractivity contribution < 1.29 is 19.1 Å². The molecule has 0 saturated carbocycles. The molecule has 1 saturated heterocycles. The third-order valence-electron chi connectivity index (χ3n) is 4.71. The van der Waals surface area contributed by atoms with E-state index in [9.17, 15) is 14.4 Å². The molecular formula is C23H22N2O4S2. The fourth-order valence-corrected chi connectivity index (χ4v) is 4.31. The summed E-state index contributed by atoms with van der Waals surface area (Å²) in [5.74, 6) is -0.684. The Balaban J connectivity index is 1.55. The molecule has 1 aliphatic heterocycles. The van der Waals surface area contributed by atoms with Crippen molar-refractivity contribution >= 4 is 57.8 Å². The van der Waals surface area contributed by atoms with Crippen LogP contribution in [0, 0.1) is 6.92 Å². The molecule has 1 heterocycles. The molecular weight excluding hydrogens is 432 g/mol. The number of anilines is 1. The quantitative estimate of drug-likeness (QED) is 0.380. The summed E-state index contributed by atoms with van der Waals surface area (Å²) in [7, 11) is 1.33. The second-order valence-electron chi connectivity index (χ2n) is 6.91. The van der Waals surface area contributed by atoms with E-state index in [2.05, 4.69) is 10.1 Å². The lowest BCUT2D eigenvalue weighted by atomic mass is 10.1. The molecule has 160 valence electrons. The second-order valence-corrected chi connectivity index (χ2v) is 8.59. The highest BCUT2D eigenvalue weighted by Crippen LogP contribution is 2.32. The van der Waals surface area contributed by atoms with Crippen molar-refractivity contribution in [2.45, 2.75) is 19.8 Å². The fourth-order valence-electron chi connectivity index (χ4n) is 3.00. The number of benzene rings is 2. The van der Waals surface area contributed by atoms with Crippen molar-refractivity contribution in [3.8, 4) is 0 Å². The zero-order valence-electron chi connectivity index (χ0n) is 17.2. The molecule has 2 amide bonds. The van der Waals surface area contributed by atoms with E-state index in [1.807, 2.05) is 31.2 Å². The van der Waals surface area contributed by atoms with Gasteiger partial charge in [0.1, 0.15) is 4.32 Å². The van der Waals surface area contributed by atoms with E-state index in [-0.39, 0.29) is 11.8 Å². The van der Waals surface area contributed by atoms with Gasteiger partial charge in [0.25, 0.3) is 5.91 Å². The molecule has 1 N–H and O–H groups in total. The summed E-state index contributed by atoms with van der Waals surface area (Å²) >= 11 is 6.58. The van der Waals surface area contributed by atoms with Gasteiger partial charge in [0.05, 0.1) is 17.6 Å². The number of hydrogen-bond donors (Lipinski definition) is 1. The van der Waals surface area contributed by atoms with E-state index in [0.29, 0.717) is 34.2 Å². The summed E-state index contributed by atoms with van der Waals surface area (Å²) in [6.45, 7) is 2.31. The van der Waals surface area contributed by atoms with Crippen LogP contribution < -0.4 is 5.32 Å². The Kier molecular flexibility index (Phi) is 7.59. The third-order valence-corrected chi connectivity index (χ3v) is 6.09. The molecule has 0 spiro atoms. The Morgan fingerprint density at radius 2 is 1.87 bits per heavy atom. The Morgan fingerprint density at radius 1 is 1.16 bits per heavy atom. The minimum Gasteiger partial charge on any atom is -0.465 e. The van der Waals surface area contributed by atoms with Crippen LogP contribution in [0.15, 0.2) is 53.4 Å². The molecule has 0 aliphatic carbocycles. The van der Waals surface area contributed by atoms with Gasteiger partial charge in [0.15, 0.2) is 0 Å². The number of thioether (sulfide) groups is 1. The number of carbonyl (C=O) groups is 3. The summed E-state index contributed by atoms with van der Waals surface area (Å²) in [5.41, 5.74) is 3.01. The number of aryl methyl sites for hydroxylation is 1. The van der Waals surface area contributed by atoms with Crippen LogP contribution >= 0.6 is 24.0 Å². The van der Waals surface area contributed by atoms with Crippen molar-refractivity contribution in [2.75, 3.05) is 19.0 Å². The normalized spacial score (nSPS) is 14.8. The number of amides is 2. The van der Waals surface area contributed by atoms with Gasteiger partial charge in [-0.1, -0.05) is 54.3 Å². The summed E-state index contributed by atoms with van der Waals surface area (Å²) in [6, 6.07) is 14.4. The van der Waals surface area contributed by atoms with Crippen molar-refractivity contribution in [3.05, 3.63) is 70.1 Å². The van der Waals surface area contributed by atoms with Gasteiger partial charge in [0.2, 0.25) is 5.91 Å². The average Bonchev–Trinajstić information content (AvgIpc) is 3.02. The lowest BCUT2D eigenvalue weighted by Crippen LogP contribution is -2.29. The number of carbonyl (C=O) groups excluding carboxylic acids is 3. The molecule has 0 unspecified atom stereocenters. The first kappa shape index (κ1) is 22.7. The van der Waals surface area contributed by atoms with E-state index in [1.54, 1.807) is 30.3 Å². The maximum atomic E-state index is 12.7. The van der Waals surface area contributed by atoms with Crippen molar-refractivity contribution in [1.82, 2.24) is 4.90 Å². The lowest BCUT2D eigenvalue weighted by Gasteiger charge is -2.14. The van der Waals surface area contributed by atoms with Crippen molar-refractivity contribution in [1.29, 1.82) is 0 Å². The molecule has 31 heavy (non-hydrogen) atoms. The largest absolute Gasteiger partial charge is 0.465 e. The Bertz CT molecular complexity index is 1050. The van der Waals surface area contributed by atoms with Crippen LogP contribution in [0.25, 0.3) is 6.08 Å². The molecule has 6 nitrogen and oxygen atoms in total. The van der Waals surface area contributed by atoms with Crippen LogP contribution in [0.1, 0.15) is 34.3 Å². The van der Waals surface area contributed by atoms with Gasteiger partial charge in [-0.3, -0.25) is 14.5 Å². The van der Waals surface area contributed by atoms with E-state index >= 15 is 0 Å².